The molecule has 0 fully saturated rings. The lowest BCUT2D eigenvalue weighted by molar-refractivity contribution is -0.137. The van der Waals surface area contributed by atoms with Gasteiger partial charge in [-0.25, -0.2) is 0 Å². The quantitative estimate of drug-likeness (QED) is 0.608. The van der Waals surface area contributed by atoms with Crippen LogP contribution in [0.4, 0.5) is 0 Å². The number of hydrogen-bond acceptors (Lipinski definition) is 3. The number of carbonyl (C=O) groups is 2. The van der Waals surface area contributed by atoms with E-state index in [1.165, 1.54) is 11.1 Å². The summed E-state index contributed by atoms with van der Waals surface area (Å²) >= 11 is 0. The van der Waals surface area contributed by atoms with Crippen molar-refractivity contribution in [1.82, 2.24) is 14.7 Å². The van der Waals surface area contributed by atoms with E-state index >= 15 is 0 Å². The van der Waals surface area contributed by atoms with Crippen LogP contribution in [-0.2, 0) is 40.9 Å². The number of rotatable bonds is 6. The van der Waals surface area contributed by atoms with E-state index in [1.807, 2.05) is 27.8 Å². The highest BCUT2D eigenvalue weighted by atomic mass is 16.4. The lowest BCUT2D eigenvalue weighted by Gasteiger charge is -2.27. The van der Waals surface area contributed by atoms with Crippen LogP contribution in [0.1, 0.15) is 49.7 Å². The molecule has 0 saturated heterocycles. The van der Waals surface area contributed by atoms with Crippen molar-refractivity contribution in [3.63, 3.8) is 0 Å². The second-order valence-electron chi connectivity index (χ2n) is 9.76. The number of carboxylic acid groups (broad SMARTS) is 1. The Morgan fingerprint density at radius 1 is 0.970 bits per heavy atom. The largest absolute Gasteiger partial charge is 0.481 e. The fraction of sp³-hybridized carbons (Fsp3) is 0.370. The Hall–Kier alpha value is -3.41. The average Bonchev–Trinajstić information content (AvgIpc) is 3.20. The number of fused-ring (bicyclic) bond motifs is 1. The molecule has 2 heterocycles. The molecular weight excluding hydrogens is 414 g/mol. The lowest BCUT2D eigenvalue weighted by atomic mass is 9.86. The topological polar surface area (TPSA) is 75.4 Å². The summed E-state index contributed by atoms with van der Waals surface area (Å²) in [6.07, 6.45) is 0.841. The Kier molecular flexibility index (Phi) is 6.36. The Bertz CT molecular complexity index is 1140. The maximum absolute atomic E-state index is 12.9. The van der Waals surface area contributed by atoms with Gasteiger partial charge in [-0.05, 0) is 33.7 Å². The second kappa shape index (κ2) is 9.22. The zero-order valence-corrected chi connectivity index (χ0v) is 19.5. The van der Waals surface area contributed by atoms with E-state index in [0.717, 1.165) is 22.5 Å². The Labute approximate surface area is 194 Å². The summed E-state index contributed by atoms with van der Waals surface area (Å²) in [6, 6.07) is 18.8. The van der Waals surface area contributed by atoms with Crippen LogP contribution in [0.25, 0.3) is 11.1 Å². The van der Waals surface area contributed by atoms with Crippen LogP contribution in [0.3, 0.4) is 0 Å². The number of aliphatic carboxylic acids is 1. The van der Waals surface area contributed by atoms with Crippen LogP contribution in [-0.4, -0.2) is 38.2 Å². The third-order valence-electron chi connectivity index (χ3n) is 6.19. The molecule has 33 heavy (non-hydrogen) atoms. The molecule has 0 unspecified atom stereocenters. The van der Waals surface area contributed by atoms with E-state index in [1.54, 1.807) is 0 Å². The zero-order chi connectivity index (χ0) is 23.6. The smallest absolute Gasteiger partial charge is 0.303 e. The van der Waals surface area contributed by atoms with Gasteiger partial charge in [-0.1, -0.05) is 69.3 Å². The predicted octanol–water partition coefficient (Wildman–Crippen LogP) is 4.45. The first kappa shape index (κ1) is 22.8. The molecule has 1 N–H and O–H groups in total. The molecule has 1 aliphatic heterocycles. The van der Waals surface area contributed by atoms with Crippen LogP contribution >= 0.6 is 0 Å². The first-order valence-corrected chi connectivity index (χ1v) is 11.4. The predicted molar refractivity (Wildman–Crippen MR) is 128 cm³/mol. The van der Waals surface area contributed by atoms with Gasteiger partial charge in [0.15, 0.2) is 0 Å². The maximum Gasteiger partial charge on any atom is 0.303 e. The molecular formula is C27H31N3O3. The van der Waals surface area contributed by atoms with E-state index in [9.17, 15) is 9.59 Å². The highest BCUT2D eigenvalue weighted by Crippen LogP contribution is 2.26. The molecule has 0 bridgehead atoms. The van der Waals surface area contributed by atoms with Crippen molar-refractivity contribution >= 4 is 11.9 Å². The molecule has 0 atom stereocenters. The van der Waals surface area contributed by atoms with Crippen LogP contribution in [0.2, 0.25) is 0 Å². The summed E-state index contributed by atoms with van der Waals surface area (Å²) in [5.74, 6) is -0.734. The van der Waals surface area contributed by atoms with E-state index in [4.69, 9.17) is 5.11 Å². The number of benzene rings is 2. The van der Waals surface area contributed by atoms with Crippen molar-refractivity contribution in [3.05, 3.63) is 77.1 Å². The highest BCUT2D eigenvalue weighted by Gasteiger charge is 2.22. The van der Waals surface area contributed by atoms with Gasteiger partial charge in [0.05, 0.1) is 37.3 Å². The van der Waals surface area contributed by atoms with Crippen LogP contribution in [0.5, 0.6) is 0 Å². The average molecular weight is 446 g/mol. The van der Waals surface area contributed by atoms with E-state index in [2.05, 4.69) is 62.3 Å². The minimum Gasteiger partial charge on any atom is -0.481 e. The van der Waals surface area contributed by atoms with Crippen molar-refractivity contribution in [2.45, 2.75) is 58.5 Å². The maximum atomic E-state index is 12.9. The highest BCUT2D eigenvalue weighted by molar-refractivity contribution is 5.79. The van der Waals surface area contributed by atoms with E-state index in [-0.39, 0.29) is 17.7 Å². The molecule has 1 aromatic heterocycles. The molecule has 0 aliphatic carbocycles. The number of hydrogen-bond donors (Lipinski definition) is 1. The van der Waals surface area contributed by atoms with Crippen molar-refractivity contribution < 1.29 is 14.7 Å². The molecule has 1 aliphatic rings. The van der Waals surface area contributed by atoms with E-state index in [0.29, 0.717) is 32.5 Å². The van der Waals surface area contributed by atoms with Crippen LogP contribution in [0, 0.1) is 0 Å². The Morgan fingerprint density at radius 2 is 1.61 bits per heavy atom. The summed E-state index contributed by atoms with van der Waals surface area (Å²) < 4.78 is 1.89. The summed E-state index contributed by atoms with van der Waals surface area (Å²) in [5.41, 5.74) is 6.49. The van der Waals surface area contributed by atoms with Gasteiger partial charge in [-0.3, -0.25) is 14.3 Å². The molecule has 2 aromatic carbocycles. The van der Waals surface area contributed by atoms with Crippen LogP contribution in [0.15, 0.2) is 54.6 Å². The number of carbonyl (C=O) groups excluding carboxylic acids is 1. The molecule has 6 heteroatoms. The standard InChI is InChI=1S/C27H31N3O3/c1-27(2,3)22-10-8-21(9-11-22)20-6-4-19(5-7-20)16-25(31)29-14-15-30-24(18-29)17-23(28-30)12-13-26(32)33/h4-11,17H,12-16,18H2,1-3H3,(H,32,33). The van der Waals surface area contributed by atoms with Gasteiger partial charge in [0.2, 0.25) is 5.91 Å². The fourth-order valence-electron chi connectivity index (χ4n) is 4.16. The molecule has 172 valence electrons. The fourth-order valence-corrected chi connectivity index (χ4v) is 4.16. The molecule has 1 amide bonds. The van der Waals surface area contributed by atoms with Gasteiger partial charge in [-0.15, -0.1) is 0 Å². The van der Waals surface area contributed by atoms with Crippen molar-refractivity contribution in [2.75, 3.05) is 6.54 Å². The van der Waals surface area contributed by atoms with Crippen molar-refractivity contribution in [1.29, 1.82) is 0 Å². The number of nitrogens with zero attached hydrogens (tertiary/aromatic N) is 3. The number of amides is 1. The third-order valence-corrected chi connectivity index (χ3v) is 6.19. The third kappa shape index (κ3) is 5.51. The minimum absolute atomic E-state index is 0.0653. The SMILES string of the molecule is CC(C)(C)c1ccc(-c2ccc(CC(=O)N3CCn4nc(CCC(=O)O)cc4C3)cc2)cc1. The van der Waals surface area contributed by atoms with Gasteiger partial charge in [-0.2, -0.15) is 5.10 Å². The number of carboxylic acids is 1. The lowest BCUT2D eigenvalue weighted by Crippen LogP contribution is -2.39. The monoisotopic (exact) mass is 445 g/mol. The van der Waals surface area contributed by atoms with Gasteiger partial charge < -0.3 is 10.0 Å². The number of aryl methyl sites for hydroxylation is 1. The van der Waals surface area contributed by atoms with Crippen molar-refractivity contribution in [3.8, 4) is 11.1 Å². The minimum atomic E-state index is -0.828. The van der Waals surface area contributed by atoms with Gasteiger partial charge in [0.1, 0.15) is 0 Å². The second-order valence-corrected chi connectivity index (χ2v) is 9.76. The Morgan fingerprint density at radius 3 is 2.21 bits per heavy atom. The first-order valence-electron chi connectivity index (χ1n) is 11.4. The molecule has 4 rings (SSSR count). The molecule has 0 spiro atoms. The summed E-state index contributed by atoms with van der Waals surface area (Å²) in [7, 11) is 0. The summed E-state index contributed by atoms with van der Waals surface area (Å²) in [4.78, 5) is 25.6. The van der Waals surface area contributed by atoms with Crippen LogP contribution < -0.4 is 0 Å². The normalized spacial score (nSPS) is 13.6. The molecule has 0 radical (unpaired) electrons. The van der Waals surface area contributed by atoms with Gasteiger partial charge in [0.25, 0.3) is 0 Å². The van der Waals surface area contributed by atoms with E-state index < -0.39 is 5.97 Å². The molecule has 6 nitrogen and oxygen atoms in total. The number of aromatic nitrogens is 2. The molecule has 3 aromatic rings. The summed E-state index contributed by atoms with van der Waals surface area (Å²) in [5, 5.41) is 13.3. The van der Waals surface area contributed by atoms with Gasteiger partial charge >= 0.3 is 5.97 Å². The molecule has 0 saturated carbocycles. The summed E-state index contributed by atoms with van der Waals surface area (Å²) in [6.45, 7) is 8.39. The van der Waals surface area contributed by atoms with Crippen molar-refractivity contribution in [2.24, 2.45) is 0 Å². The van der Waals surface area contributed by atoms with Gasteiger partial charge in [0, 0.05) is 13.0 Å². The Balaban J connectivity index is 1.37. The zero-order valence-electron chi connectivity index (χ0n) is 19.5. The first-order chi connectivity index (χ1) is 15.7.